The second kappa shape index (κ2) is 5.77. The third-order valence-electron chi connectivity index (χ3n) is 3.35. The lowest BCUT2D eigenvalue weighted by atomic mass is 10.2. The zero-order valence-electron chi connectivity index (χ0n) is 12.2. The third kappa shape index (κ3) is 3.26. The second-order valence-corrected chi connectivity index (χ2v) is 6.95. The average Bonchev–Trinajstić information content (AvgIpc) is 2.47. The number of benzene rings is 2. The molecule has 1 aromatic heterocycles. The number of anilines is 1. The van der Waals surface area contributed by atoms with Crippen LogP contribution in [0.3, 0.4) is 0 Å². The van der Waals surface area contributed by atoms with Crippen LogP contribution in [0, 0.1) is 6.92 Å². The predicted octanol–water partition coefficient (Wildman–Crippen LogP) is 3.49. The van der Waals surface area contributed by atoms with E-state index in [0.717, 1.165) is 22.0 Å². The Kier molecular flexibility index (Phi) is 3.81. The van der Waals surface area contributed by atoms with Gasteiger partial charge in [-0.15, -0.1) is 0 Å². The van der Waals surface area contributed by atoms with Gasteiger partial charge in [0.25, 0.3) is 0 Å². The highest BCUT2D eigenvalue weighted by Gasteiger charge is 2.13. The predicted molar refractivity (Wildman–Crippen MR) is 89.2 cm³/mol. The molecule has 0 radical (unpaired) electrons. The van der Waals surface area contributed by atoms with Crippen molar-refractivity contribution in [2.45, 2.75) is 12.7 Å². The first kappa shape index (κ1) is 14.5. The number of rotatable bonds is 4. The van der Waals surface area contributed by atoms with E-state index in [9.17, 15) is 8.42 Å². The number of nitrogens with one attached hydrogen (secondary N) is 1. The fourth-order valence-electron chi connectivity index (χ4n) is 2.42. The minimum atomic E-state index is -3.47. The third-order valence-corrected chi connectivity index (χ3v) is 4.59. The zero-order chi connectivity index (χ0) is 15.6. The molecule has 0 saturated heterocycles. The van der Waals surface area contributed by atoms with Gasteiger partial charge in [-0.1, -0.05) is 35.9 Å². The van der Waals surface area contributed by atoms with E-state index in [4.69, 9.17) is 0 Å². The highest BCUT2D eigenvalue weighted by atomic mass is 32.2. The maximum Gasteiger partial charge on any atom is 0.236 e. The molecule has 0 aliphatic carbocycles. The molecule has 0 spiro atoms. The van der Waals surface area contributed by atoms with Crippen LogP contribution in [0.2, 0.25) is 0 Å². The maximum absolute atomic E-state index is 12.4. The Bertz CT molecular complexity index is 915. The summed E-state index contributed by atoms with van der Waals surface area (Å²) in [4.78, 5) is 4.23. The summed E-state index contributed by atoms with van der Waals surface area (Å²) in [5.41, 5.74) is 3.13. The van der Waals surface area contributed by atoms with Crippen LogP contribution in [0.4, 0.5) is 5.69 Å². The van der Waals surface area contributed by atoms with Crippen LogP contribution in [0.15, 0.2) is 60.8 Å². The average molecular weight is 312 g/mol. The first-order chi connectivity index (χ1) is 10.5. The lowest BCUT2D eigenvalue weighted by Crippen LogP contribution is -2.15. The molecule has 22 heavy (non-hydrogen) atoms. The minimum absolute atomic E-state index is 0.0503. The Balaban J connectivity index is 1.90. The van der Waals surface area contributed by atoms with E-state index in [0.29, 0.717) is 5.69 Å². The van der Waals surface area contributed by atoms with Crippen molar-refractivity contribution in [3.63, 3.8) is 0 Å². The molecule has 3 aromatic rings. The number of hydrogen-bond acceptors (Lipinski definition) is 3. The van der Waals surface area contributed by atoms with Gasteiger partial charge in [0.1, 0.15) is 0 Å². The molecule has 0 saturated carbocycles. The summed E-state index contributed by atoms with van der Waals surface area (Å²) in [6.45, 7) is 1.94. The first-order valence-corrected chi connectivity index (χ1v) is 8.58. The molecule has 1 N–H and O–H groups in total. The molecule has 2 aromatic carbocycles. The SMILES string of the molecule is Cc1cccc(CS(=O)(=O)Nc2cccc3ncccc23)c1. The summed E-state index contributed by atoms with van der Waals surface area (Å²) in [5.74, 6) is -0.0503. The number of hydrogen-bond donors (Lipinski definition) is 1. The molecular formula is C17H16N2O2S. The molecule has 5 heteroatoms. The van der Waals surface area contributed by atoms with E-state index in [1.807, 2.05) is 43.3 Å². The van der Waals surface area contributed by atoms with Crippen LogP contribution in [0.5, 0.6) is 0 Å². The van der Waals surface area contributed by atoms with E-state index in [-0.39, 0.29) is 5.75 Å². The van der Waals surface area contributed by atoms with E-state index in [1.165, 1.54) is 0 Å². The van der Waals surface area contributed by atoms with Crippen LogP contribution < -0.4 is 4.72 Å². The van der Waals surface area contributed by atoms with Gasteiger partial charge in [0, 0.05) is 11.6 Å². The lowest BCUT2D eigenvalue weighted by Gasteiger charge is -2.10. The van der Waals surface area contributed by atoms with Crippen LogP contribution >= 0.6 is 0 Å². The van der Waals surface area contributed by atoms with Crippen molar-refractivity contribution < 1.29 is 8.42 Å². The maximum atomic E-state index is 12.4. The van der Waals surface area contributed by atoms with E-state index < -0.39 is 10.0 Å². The van der Waals surface area contributed by atoms with Crippen LogP contribution in [-0.4, -0.2) is 13.4 Å². The van der Waals surface area contributed by atoms with Crippen molar-refractivity contribution in [2.24, 2.45) is 0 Å². The van der Waals surface area contributed by atoms with Crippen molar-refractivity contribution in [1.29, 1.82) is 0 Å². The Labute approximate surface area is 129 Å². The fourth-order valence-corrected chi connectivity index (χ4v) is 3.62. The monoisotopic (exact) mass is 312 g/mol. The largest absolute Gasteiger partial charge is 0.283 e. The molecular weight excluding hydrogens is 296 g/mol. The van der Waals surface area contributed by atoms with Crippen molar-refractivity contribution in [2.75, 3.05) is 4.72 Å². The van der Waals surface area contributed by atoms with Gasteiger partial charge in [-0.2, -0.15) is 0 Å². The van der Waals surface area contributed by atoms with Gasteiger partial charge in [-0.3, -0.25) is 9.71 Å². The van der Waals surface area contributed by atoms with E-state index >= 15 is 0 Å². The van der Waals surface area contributed by atoms with Crippen molar-refractivity contribution in [3.8, 4) is 0 Å². The summed E-state index contributed by atoms with van der Waals surface area (Å²) >= 11 is 0. The number of aryl methyl sites for hydroxylation is 1. The van der Waals surface area contributed by atoms with Crippen molar-refractivity contribution in [3.05, 3.63) is 71.9 Å². The van der Waals surface area contributed by atoms with E-state index in [1.54, 1.807) is 24.4 Å². The summed E-state index contributed by atoms with van der Waals surface area (Å²) < 4.78 is 27.4. The molecule has 0 bridgehead atoms. The number of pyridine rings is 1. The number of nitrogens with zero attached hydrogens (tertiary/aromatic N) is 1. The lowest BCUT2D eigenvalue weighted by molar-refractivity contribution is 0.600. The Morgan fingerprint density at radius 2 is 1.86 bits per heavy atom. The van der Waals surface area contributed by atoms with Crippen molar-refractivity contribution in [1.82, 2.24) is 4.98 Å². The molecule has 3 rings (SSSR count). The molecule has 0 unspecified atom stereocenters. The van der Waals surface area contributed by atoms with Crippen molar-refractivity contribution >= 4 is 26.6 Å². The van der Waals surface area contributed by atoms with Gasteiger partial charge in [-0.05, 0) is 36.8 Å². The van der Waals surface area contributed by atoms with Gasteiger partial charge in [0.2, 0.25) is 10.0 Å². The standard InChI is InChI=1S/C17H16N2O2S/c1-13-5-2-6-14(11-13)12-22(20,21)19-17-9-3-8-16-15(17)7-4-10-18-16/h2-11,19H,12H2,1H3. The second-order valence-electron chi connectivity index (χ2n) is 5.23. The van der Waals surface area contributed by atoms with Crippen LogP contribution in [0.1, 0.15) is 11.1 Å². The molecule has 0 aliphatic rings. The van der Waals surface area contributed by atoms with Gasteiger partial charge in [-0.25, -0.2) is 8.42 Å². The van der Waals surface area contributed by atoms with Gasteiger partial charge in [0.05, 0.1) is 17.0 Å². The molecule has 0 amide bonds. The Hall–Kier alpha value is -2.40. The summed E-state index contributed by atoms with van der Waals surface area (Å²) in [6, 6.07) is 16.5. The number of sulfonamides is 1. The quantitative estimate of drug-likeness (QED) is 0.802. The zero-order valence-corrected chi connectivity index (χ0v) is 13.0. The highest BCUT2D eigenvalue weighted by Crippen LogP contribution is 2.23. The molecule has 1 heterocycles. The van der Waals surface area contributed by atoms with Gasteiger partial charge in [0.15, 0.2) is 0 Å². The first-order valence-electron chi connectivity index (χ1n) is 6.93. The molecule has 0 fully saturated rings. The Morgan fingerprint density at radius 3 is 2.68 bits per heavy atom. The summed E-state index contributed by atoms with van der Waals surface area (Å²) in [7, 11) is -3.47. The van der Waals surface area contributed by atoms with Gasteiger partial charge < -0.3 is 0 Å². The normalized spacial score (nSPS) is 11.5. The molecule has 0 atom stereocenters. The highest BCUT2D eigenvalue weighted by molar-refractivity contribution is 7.91. The number of fused-ring (bicyclic) bond motifs is 1. The Morgan fingerprint density at radius 1 is 1.05 bits per heavy atom. The molecule has 4 nitrogen and oxygen atoms in total. The van der Waals surface area contributed by atoms with Crippen LogP contribution in [-0.2, 0) is 15.8 Å². The van der Waals surface area contributed by atoms with E-state index in [2.05, 4.69) is 9.71 Å². The summed E-state index contributed by atoms with van der Waals surface area (Å²) in [5, 5.41) is 0.790. The van der Waals surface area contributed by atoms with Gasteiger partial charge >= 0.3 is 0 Å². The minimum Gasteiger partial charge on any atom is -0.283 e. The number of aromatic nitrogens is 1. The molecule has 0 aliphatic heterocycles. The van der Waals surface area contributed by atoms with Crippen LogP contribution in [0.25, 0.3) is 10.9 Å². The molecule has 112 valence electrons. The summed E-state index contributed by atoms with van der Waals surface area (Å²) in [6.07, 6.45) is 1.69. The topological polar surface area (TPSA) is 59.1 Å². The fraction of sp³-hybridized carbons (Fsp3) is 0.118. The smallest absolute Gasteiger partial charge is 0.236 e.